The molecule has 0 amide bonds. The third-order valence-corrected chi connectivity index (χ3v) is 1.29. The Bertz CT molecular complexity index is 92.6. The summed E-state index contributed by atoms with van der Waals surface area (Å²) in [6.45, 7) is 1.82. The van der Waals surface area contributed by atoms with Crippen molar-refractivity contribution in [2.45, 2.75) is 12.8 Å². The summed E-state index contributed by atoms with van der Waals surface area (Å²) in [6, 6.07) is 0. The van der Waals surface area contributed by atoms with Crippen LogP contribution in [0, 0.1) is 0 Å². The van der Waals surface area contributed by atoms with Gasteiger partial charge in [-0.1, -0.05) is 5.16 Å². The van der Waals surface area contributed by atoms with Crippen LogP contribution in [0.25, 0.3) is 0 Å². The van der Waals surface area contributed by atoms with Gasteiger partial charge >= 0.3 is 0 Å². The zero-order valence-electron chi connectivity index (χ0n) is 4.72. The molecule has 0 atom stereocenters. The smallest absolute Gasteiger partial charge is 0.0708 e. The van der Waals surface area contributed by atoms with Crippen molar-refractivity contribution in [1.82, 2.24) is 5.32 Å². The Hall–Kier alpha value is -0.570. The fraction of sp³-hybridized carbons (Fsp3) is 0.800. The van der Waals surface area contributed by atoms with E-state index in [1.165, 1.54) is 0 Å². The van der Waals surface area contributed by atoms with Crippen LogP contribution in [-0.2, 0) is 0 Å². The molecular weight excluding hydrogens is 104 g/mol. The molecular formula is C5H10N2O. The number of hydrogen-bond acceptors (Lipinski definition) is 3. The topological polar surface area (TPSA) is 44.6 Å². The highest BCUT2D eigenvalue weighted by Crippen LogP contribution is 1.95. The second-order valence-electron chi connectivity index (χ2n) is 1.95. The molecule has 8 heavy (non-hydrogen) atoms. The van der Waals surface area contributed by atoms with Gasteiger partial charge in [0, 0.05) is 6.54 Å². The second-order valence-corrected chi connectivity index (χ2v) is 1.95. The molecule has 3 nitrogen and oxygen atoms in total. The Labute approximate surface area is 48.4 Å². The first-order chi connectivity index (χ1) is 3.93. The summed E-state index contributed by atoms with van der Waals surface area (Å²) in [4.78, 5) is 0. The predicted molar refractivity (Wildman–Crippen MR) is 31.3 cm³/mol. The van der Waals surface area contributed by atoms with Gasteiger partial charge in [0.1, 0.15) is 0 Å². The maximum absolute atomic E-state index is 8.24. The highest BCUT2D eigenvalue weighted by molar-refractivity contribution is 5.86. The quantitative estimate of drug-likeness (QED) is 0.349. The van der Waals surface area contributed by atoms with Crippen LogP contribution >= 0.6 is 0 Å². The van der Waals surface area contributed by atoms with E-state index < -0.39 is 0 Å². The molecule has 0 spiro atoms. The highest BCUT2D eigenvalue weighted by Gasteiger charge is 2.04. The fourth-order valence-electron chi connectivity index (χ4n) is 0.824. The number of rotatable bonds is 0. The van der Waals surface area contributed by atoms with Gasteiger partial charge < -0.3 is 10.5 Å². The normalized spacial score (nSPS) is 26.2. The monoisotopic (exact) mass is 114 g/mol. The van der Waals surface area contributed by atoms with Crippen LogP contribution < -0.4 is 5.32 Å². The van der Waals surface area contributed by atoms with Crippen molar-refractivity contribution in [2.75, 3.05) is 13.1 Å². The van der Waals surface area contributed by atoms with Crippen LogP contribution in [0.15, 0.2) is 5.16 Å². The minimum atomic E-state index is 0.760. The molecule has 0 aromatic carbocycles. The van der Waals surface area contributed by atoms with Crippen molar-refractivity contribution in [3.8, 4) is 0 Å². The van der Waals surface area contributed by atoms with Crippen LogP contribution in [0.3, 0.4) is 0 Å². The summed E-state index contributed by atoms with van der Waals surface area (Å²) >= 11 is 0. The van der Waals surface area contributed by atoms with Crippen molar-refractivity contribution in [3.05, 3.63) is 0 Å². The Morgan fingerprint density at radius 1 is 1.62 bits per heavy atom. The minimum absolute atomic E-state index is 0.760. The van der Waals surface area contributed by atoms with E-state index >= 15 is 0 Å². The maximum Gasteiger partial charge on any atom is 0.0708 e. The summed E-state index contributed by atoms with van der Waals surface area (Å²) in [5.74, 6) is 0. The molecule has 0 aliphatic carbocycles. The molecule has 0 saturated carbocycles. The van der Waals surface area contributed by atoms with Crippen LogP contribution in [-0.4, -0.2) is 24.0 Å². The van der Waals surface area contributed by atoms with E-state index in [2.05, 4.69) is 10.5 Å². The molecule has 3 heteroatoms. The largest absolute Gasteiger partial charge is 0.411 e. The third kappa shape index (κ3) is 1.20. The lowest BCUT2D eigenvalue weighted by molar-refractivity contribution is 0.315. The van der Waals surface area contributed by atoms with E-state index in [9.17, 15) is 0 Å². The third-order valence-electron chi connectivity index (χ3n) is 1.29. The molecule has 1 heterocycles. The number of nitrogens with zero attached hydrogens (tertiary/aromatic N) is 1. The summed E-state index contributed by atoms with van der Waals surface area (Å²) in [5.41, 5.74) is 0.872. The van der Waals surface area contributed by atoms with Gasteiger partial charge in [-0.3, -0.25) is 0 Å². The zero-order chi connectivity index (χ0) is 5.82. The summed E-state index contributed by atoms with van der Waals surface area (Å²) < 4.78 is 0. The van der Waals surface area contributed by atoms with Gasteiger partial charge in [0.2, 0.25) is 0 Å². The average Bonchev–Trinajstić information content (AvgIpc) is 1.90. The second kappa shape index (κ2) is 2.67. The summed E-state index contributed by atoms with van der Waals surface area (Å²) in [6.07, 6.45) is 2.04. The molecule has 0 bridgehead atoms. The average molecular weight is 114 g/mol. The predicted octanol–water partition coefficient (Wildman–Crippen LogP) is 0.200. The van der Waals surface area contributed by atoms with Crippen molar-refractivity contribution in [1.29, 1.82) is 0 Å². The van der Waals surface area contributed by atoms with E-state index in [0.29, 0.717) is 0 Å². The van der Waals surface area contributed by atoms with Crippen molar-refractivity contribution in [3.63, 3.8) is 0 Å². The van der Waals surface area contributed by atoms with Gasteiger partial charge in [-0.25, -0.2) is 0 Å². The molecule has 0 aromatic rings. The molecule has 1 rings (SSSR count). The fourth-order valence-corrected chi connectivity index (χ4v) is 0.824. The van der Waals surface area contributed by atoms with Gasteiger partial charge in [0.15, 0.2) is 0 Å². The molecule has 1 aliphatic rings. The number of piperidine rings is 1. The zero-order valence-corrected chi connectivity index (χ0v) is 4.72. The van der Waals surface area contributed by atoms with Gasteiger partial charge in [0.05, 0.1) is 5.71 Å². The Kier molecular flexibility index (Phi) is 1.86. The Morgan fingerprint density at radius 3 is 2.88 bits per heavy atom. The molecule has 46 valence electrons. The van der Waals surface area contributed by atoms with E-state index in [4.69, 9.17) is 5.21 Å². The first-order valence-electron chi connectivity index (χ1n) is 2.84. The number of oxime groups is 1. The van der Waals surface area contributed by atoms with E-state index in [0.717, 1.165) is 31.6 Å². The van der Waals surface area contributed by atoms with E-state index in [1.807, 2.05) is 0 Å². The Balaban J connectivity index is 2.33. The molecule has 1 fully saturated rings. The molecule has 0 radical (unpaired) electrons. The highest BCUT2D eigenvalue weighted by atomic mass is 16.4. The molecule has 2 N–H and O–H groups in total. The maximum atomic E-state index is 8.24. The summed E-state index contributed by atoms with van der Waals surface area (Å²) in [7, 11) is 0. The van der Waals surface area contributed by atoms with Crippen LogP contribution in [0.4, 0.5) is 0 Å². The lowest BCUT2D eigenvalue weighted by atomic mass is 10.1. The van der Waals surface area contributed by atoms with Gasteiger partial charge in [-0.2, -0.15) is 0 Å². The van der Waals surface area contributed by atoms with Crippen molar-refractivity contribution in [2.24, 2.45) is 5.16 Å². The lowest BCUT2D eigenvalue weighted by Gasteiger charge is -2.11. The number of hydrogen-bond donors (Lipinski definition) is 2. The summed E-state index contributed by atoms with van der Waals surface area (Å²) in [5, 5.41) is 14.4. The van der Waals surface area contributed by atoms with Crippen LogP contribution in [0.5, 0.6) is 0 Å². The first kappa shape index (κ1) is 5.56. The SMILES string of the molecule is ON=C1CCCNC1. The molecule has 1 saturated heterocycles. The molecule has 1 aliphatic heterocycles. The van der Waals surface area contributed by atoms with Gasteiger partial charge in [-0.15, -0.1) is 0 Å². The molecule has 0 aromatic heterocycles. The van der Waals surface area contributed by atoms with Crippen LogP contribution in [0.1, 0.15) is 12.8 Å². The standard InChI is InChI=1S/C5H10N2O/c8-7-5-2-1-3-6-4-5/h6,8H,1-4H2. The first-order valence-corrected chi connectivity index (χ1v) is 2.84. The van der Waals surface area contributed by atoms with Gasteiger partial charge in [-0.05, 0) is 19.4 Å². The van der Waals surface area contributed by atoms with E-state index in [1.54, 1.807) is 0 Å². The Morgan fingerprint density at radius 2 is 2.50 bits per heavy atom. The lowest BCUT2D eigenvalue weighted by Crippen LogP contribution is -2.29. The number of nitrogens with one attached hydrogen (secondary N) is 1. The van der Waals surface area contributed by atoms with Crippen molar-refractivity contribution >= 4 is 5.71 Å². The van der Waals surface area contributed by atoms with Gasteiger partial charge in [0.25, 0.3) is 0 Å². The minimum Gasteiger partial charge on any atom is -0.411 e. The van der Waals surface area contributed by atoms with E-state index in [-0.39, 0.29) is 0 Å². The van der Waals surface area contributed by atoms with Crippen molar-refractivity contribution < 1.29 is 5.21 Å². The molecule has 0 unspecified atom stereocenters. The van der Waals surface area contributed by atoms with Crippen LogP contribution in [0.2, 0.25) is 0 Å².